The number of alkyl halides is 3. The van der Waals surface area contributed by atoms with Gasteiger partial charge in [-0.1, -0.05) is 28.1 Å². The van der Waals surface area contributed by atoms with Gasteiger partial charge in [-0.3, -0.25) is 4.79 Å². The van der Waals surface area contributed by atoms with Crippen LogP contribution in [0.25, 0.3) is 0 Å². The van der Waals surface area contributed by atoms with Crippen LogP contribution in [-0.4, -0.2) is 20.4 Å². The number of para-hydroxylation sites is 1. The summed E-state index contributed by atoms with van der Waals surface area (Å²) in [6.45, 7) is 1.24. The van der Waals surface area contributed by atoms with Crippen LogP contribution in [0.1, 0.15) is 12.5 Å². The van der Waals surface area contributed by atoms with Crippen molar-refractivity contribution in [3.8, 4) is 0 Å². The molecule has 0 heterocycles. The molecule has 0 fully saturated rings. The molecular weight excluding hydrogens is 437 g/mol. The van der Waals surface area contributed by atoms with Crippen molar-refractivity contribution in [3.05, 3.63) is 58.6 Å². The van der Waals surface area contributed by atoms with E-state index < -0.39 is 39.4 Å². The minimum atomic E-state index is -4.65. The maximum atomic E-state index is 13.0. The second kappa shape index (κ2) is 7.77. The van der Waals surface area contributed by atoms with Gasteiger partial charge in [-0.25, -0.2) is 8.42 Å². The second-order valence-corrected chi connectivity index (χ2v) is 7.96. The van der Waals surface area contributed by atoms with Gasteiger partial charge >= 0.3 is 6.18 Å². The van der Waals surface area contributed by atoms with E-state index in [1.165, 1.54) is 43.3 Å². The molecule has 0 radical (unpaired) electrons. The Balaban J connectivity index is 2.15. The summed E-state index contributed by atoms with van der Waals surface area (Å²) >= 11 is 3.17. The Morgan fingerprint density at radius 3 is 2.23 bits per heavy atom. The Kier molecular flexibility index (Phi) is 6.09. The van der Waals surface area contributed by atoms with Gasteiger partial charge in [0.05, 0.1) is 22.2 Å². The zero-order chi connectivity index (χ0) is 19.5. The van der Waals surface area contributed by atoms with Gasteiger partial charge < -0.3 is 5.32 Å². The van der Waals surface area contributed by atoms with Crippen LogP contribution in [0, 0.1) is 0 Å². The van der Waals surface area contributed by atoms with Crippen molar-refractivity contribution in [2.75, 3.05) is 5.32 Å². The highest BCUT2D eigenvalue weighted by atomic mass is 79.9. The van der Waals surface area contributed by atoms with Crippen molar-refractivity contribution in [3.63, 3.8) is 0 Å². The Morgan fingerprint density at radius 1 is 1.08 bits per heavy atom. The number of anilines is 1. The van der Waals surface area contributed by atoms with Gasteiger partial charge in [0.2, 0.25) is 15.9 Å². The van der Waals surface area contributed by atoms with Crippen LogP contribution in [0.3, 0.4) is 0 Å². The number of hydrogen-bond donors (Lipinski definition) is 2. The molecule has 2 aromatic rings. The van der Waals surface area contributed by atoms with Gasteiger partial charge in [-0.2, -0.15) is 17.9 Å². The standard InChI is InChI=1S/C16H14BrF3N2O3S/c1-10(22-26(24,25)12-8-6-11(17)7-9-12)15(23)21-14-5-3-2-4-13(14)16(18,19)20/h2-10,22H,1H3,(H,21,23). The van der Waals surface area contributed by atoms with Gasteiger partial charge in [0.1, 0.15) is 0 Å². The average molecular weight is 451 g/mol. The summed E-state index contributed by atoms with van der Waals surface area (Å²) < 4.78 is 66.2. The maximum Gasteiger partial charge on any atom is 0.418 e. The smallest absolute Gasteiger partial charge is 0.324 e. The van der Waals surface area contributed by atoms with Gasteiger partial charge in [-0.15, -0.1) is 0 Å². The number of rotatable bonds is 5. The zero-order valence-electron chi connectivity index (χ0n) is 13.3. The molecule has 0 bridgehead atoms. The molecule has 2 aromatic carbocycles. The number of carbonyl (C=O) groups is 1. The minimum absolute atomic E-state index is 0.0731. The zero-order valence-corrected chi connectivity index (χ0v) is 15.7. The molecule has 0 aliphatic carbocycles. The summed E-state index contributed by atoms with van der Waals surface area (Å²) in [5, 5.41) is 2.11. The maximum absolute atomic E-state index is 13.0. The minimum Gasteiger partial charge on any atom is -0.324 e. The first-order chi connectivity index (χ1) is 12.0. The molecule has 0 aliphatic heterocycles. The van der Waals surface area contributed by atoms with Crippen molar-refractivity contribution in [2.24, 2.45) is 0 Å². The van der Waals surface area contributed by atoms with E-state index in [4.69, 9.17) is 0 Å². The number of hydrogen-bond acceptors (Lipinski definition) is 3. The van der Waals surface area contributed by atoms with Crippen LogP contribution in [-0.2, 0) is 21.0 Å². The van der Waals surface area contributed by atoms with E-state index in [-0.39, 0.29) is 4.90 Å². The van der Waals surface area contributed by atoms with E-state index in [1.807, 2.05) is 0 Å². The Morgan fingerprint density at radius 2 is 1.65 bits per heavy atom. The fourth-order valence-electron chi connectivity index (χ4n) is 2.05. The third kappa shape index (κ3) is 5.05. The second-order valence-electron chi connectivity index (χ2n) is 5.33. The van der Waals surface area contributed by atoms with Gasteiger partial charge in [-0.05, 0) is 43.3 Å². The summed E-state index contributed by atoms with van der Waals surface area (Å²) in [4.78, 5) is 12.1. The van der Waals surface area contributed by atoms with Gasteiger partial charge in [0.25, 0.3) is 0 Å². The lowest BCUT2D eigenvalue weighted by atomic mass is 10.1. The molecular formula is C16H14BrF3N2O3S. The quantitative estimate of drug-likeness (QED) is 0.727. The van der Waals surface area contributed by atoms with Crippen molar-refractivity contribution in [1.82, 2.24) is 4.72 Å². The monoisotopic (exact) mass is 450 g/mol. The Labute approximate surface area is 156 Å². The normalized spacial score (nSPS) is 13.3. The molecule has 0 spiro atoms. The third-order valence-electron chi connectivity index (χ3n) is 3.34. The molecule has 2 N–H and O–H groups in total. The number of nitrogens with one attached hydrogen (secondary N) is 2. The number of sulfonamides is 1. The van der Waals surface area contributed by atoms with E-state index >= 15 is 0 Å². The van der Waals surface area contributed by atoms with Crippen LogP contribution >= 0.6 is 15.9 Å². The van der Waals surface area contributed by atoms with Crippen molar-refractivity contribution >= 4 is 37.5 Å². The fourth-order valence-corrected chi connectivity index (χ4v) is 3.52. The number of benzene rings is 2. The summed E-state index contributed by atoms with van der Waals surface area (Å²) in [5.74, 6) is -0.914. The Bertz CT molecular complexity index is 900. The SMILES string of the molecule is CC(NS(=O)(=O)c1ccc(Br)cc1)C(=O)Nc1ccccc1C(F)(F)F. The molecule has 10 heteroatoms. The highest BCUT2D eigenvalue weighted by Crippen LogP contribution is 2.34. The van der Waals surface area contributed by atoms with Crippen LogP contribution < -0.4 is 10.0 Å². The summed E-state index contributed by atoms with van der Waals surface area (Å²) in [7, 11) is -4.01. The van der Waals surface area contributed by atoms with Crippen LogP contribution in [0.15, 0.2) is 57.9 Å². The van der Waals surface area contributed by atoms with Crippen molar-refractivity contribution in [2.45, 2.75) is 24.0 Å². The molecule has 2 rings (SSSR count). The largest absolute Gasteiger partial charge is 0.418 e. The summed E-state index contributed by atoms with van der Waals surface area (Å²) in [6.07, 6.45) is -4.65. The fraction of sp³-hybridized carbons (Fsp3) is 0.188. The lowest BCUT2D eigenvalue weighted by molar-refractivity contribution is -0.137. The van der Waals surface area contributed by atoms with E-state index in [0.29, 0.717) is 4.47 Å². The first kappa shape index (κ1) is 20.4. The molecule has 5 nitrogen and oxygen atoms in total. The molecule has 140 valence electrons. The Hall–Kier alpha value is -1.91. The molecule has 0 saturated heterocycles. The predicted octanol–water partition coefficient (Wildman–Crippen LogP) is 3.77. The van der Waals surface area contributed by atoms with Crippen molar-refractivity contribution in [1.29, 1.82) is 0 Å². The van der Waals surface area contributed by atoms with E-state index in [9.17, 15) is 26.4 Å². The number of carbonyl (C=O) groups excluding carboxylic acids is 1. The molecule has 1 amide bonds. The summed E-state index contributed by atoms with van der Waals surface area (Å²) in [6, 6.07) is 8.84. The van der Waals surface area contributed by atoms with Crippen LogP contribution in [0.4, 0.5) is 18.9 Å². The third-order valence-corrected chi connectivity index (χ3v) is 5.42. The number of halogens is 4. The average Bonchev–Trinajstić information content (AvgIpc) is 2.54. The highest BCUT2D eigenvalue weighted by Gasteiger charge is 2.34. The van der Waals surface area contributed by atoms with E-state index in [2.05, 4.69) is 26.0 Å². The predicted molar refractivity (Wildman–Crippen MR) is 94.0 cm³/mol. The van der Waals surface area contributed by atoms with E-state index in [0.717, 1.165) is 12.1 Å². The van der Waals surface area contributed by atoms with Crippen molar-refractivity contribution < 1.29 is 26.4 Å². The highest BCUT2D eigenvalue weighted by molar-refractivity contribution is 9.10. The molecule has 0 saturated carbocycles. The molecule has 26 heavy (non-hydrogen) atoms. The lowest BCUT2D eigenvalue weighted by Crippen LogP contribution is -2.41. The first-order valence-corrected chi connectivity index (χ1v) is 9.53. The van der Waals surface area contributed by atoms with E-state index in [1.54, 1.807) is 0 Å². The van der Waals surface area contributed by atoms with Gasteiger partial charge in [0, 0.05) is 4.47 Å². The first-order valence-electron chi connectivity index (χ1n) is 7.26. The number of amides is 1. The van der Waals surface area contributed by atoms with Gasteiger partial charge in [0.15, 0.2) is 0 Å². The molecule has 0 aromatic heterocycles. The molecule has 0 aliphatic rings. The summed E-state index contributed by atoms with van der Waals surface area (Å²) in [5.41, 5.74) is -1.46. The lowest BCUT2D eigenvalue weighted by Gasteiger charge is -2.17. The topological polar surface area (TPSA) is 75.3 Å². The molecule has 1 atom stereocenters. The van der Waals surface area contributed by atoms with Crippen LogP contribution in [0.2, 0.25) is 0 Å². The van der Waals surface area contributed by atoms with Crippen LogP contribution in [0.5, 0.6) is 0 Å². The molecule has 1 unspecified atom stereocenters.